The molecule has 19 heavy (non-hydrogen) atoms. The summed E-state index contributed by atoms with van der Waals surface area (Å²) in [5, 5.41) is 14.2. The van der Waals surface area contributed by atoms with E-state index in [-0.39, 0.29) is 5.56 Å². The first kappa shape index (κ1) is 11.8. The van der Waals surface area contributed by atoms with Gasteiger partial charge in [-0.25, -0.2) is 19.4 Å². The maximum absolute atomic E-state index is 11.1. The molecule has 0 atom stereocenters. The van der Waals surface area contributed by atoms with Crippen molar-refractivity contribution in [2.24, 2.45) is 0 Å². The molecular weight excluding hydrogens is 264 g/mol. The molecule has 6 nitrogen and oxygen atoms in total. The summed E-state index contributed by atoms with van der Waals surface area (Å²) in [7, 11) is 0. The number of aromatic carboxylic acids is 1. The van der Waals surface area contributed by atoms with Gasteiger partial charge in [0.05, 0.1) is 11.1 Å². The van der Waals surface area contributed by atoms with Gasteiger partial charge in [0.1, 0.15) is 16.7 Å². The Morgan fingerprint density at radius 3 is 2.84 bits per heavy atom. The zero-order valence-corrected chi connectivity index (χ0v) is 11.1. The molecule has 0 amide bonds. The molecule has 0 aromatic carbocycles. The normalized spacial score (nSPS) is 11.1. The Labute approximate surface area is 112 Å². The van der Waals surface area contributed by atoms with Crippen LogP contribution in [0, 0.1) is 13.8 Å². The molecule has 0 unspecified atom stereocenters. The second kappa shape index (κ2) is 4.13. The summed E-state index contributed by atoms with van der Waals surface area (Å²) in [6.45, 7) is 3.66. The van der Waals surface area contributed by atoms with Crippen molar-refractivity contribution in [3.8, 4) is 5.82 Å². The first-order valence-corrected chi connectivity index (χ1v) is 6.39. The Hall–Kier alpha value is -2.28. The van der Waals surface area contributed by atoms with E-state index in [1.807, 2.05) is 13.0 Å². The summed E-state index contributed by atoms with van der Waals surface area (Å²) in [6, 6.07) is 1.98. The van der Waals surface area contributed by atoms with Crippen LogP contribution in [0.1, 0.15) is 20.9 Å². The van der Waals surface area contributed by atoms with Gasteiger partial charge in [0.25, 0.3) is 0 Å². The molecule has 0 bridgehead atoms. The number of carbonyl (C=O) groups is 1. The van der Waals surface area contributed by atoms with Crippen molar-refractivity contribution in [3.63, 3.8) is 0 Å². The van der Waals surface area contributed by atoms with Gasteiger partial charge in [-0.3, -0.25) is 0 Å². The van der Waals surface area contributed by atoms with Gasteiger partial charge in [-0.15, -0.1) is 11.3 Å². The average molecular weight is 274 g/mol. The molecule has 3 heterocycles. The van der Waals surface area contributed by atoms with Crippen molar-refractivity contribution in [3.05, 3.63) is 34.7 Å². The standard InChI is InChI=1S/C12H10N4O2S/c1-6-3-8-10(13-5-14-11(8)19-6)16-4-9(12(17)18)7(2)15-16/h3-5H,1-2H3,(H,17,18). The van der Waals surface area contributed by atoms with Gasteiger partial charge in [0.2, 0.25) is 0 Å². The van der Waals surface area contributed by atoms with E-state index in [2.05, 4.69) is 15.1 Å². The summed E-state index contributed by atoms with van der Waals surface area (Å²) in [6.07, 6.45) is 2.94. The molecule has 0 aliphatic rings. The summed E-state index contributed by atoms with van der Waals surface area (Å²) in [5.41, 5.74) is 0.643. The molecule has 0 aliphatic carbocycles. The fraction of sp³-hybridized carbons (Fsp3) is 0.167. The zero-order valence-electron chi connectivity index (χ0n) is 10.3. The minimum Gasteiger partial charge on any atom is -0.478 e. The Kier molecular flexibility index (Phi) is 2.56. The van der Waals surface area contributed by atoms with E-state index in [0.29, 0.717) is 11.5 Å². The van der Waals surface area contributed by atoms with E-state index in [1.54, 1.807) is 18.3 Å². The van der Waals surface area contributed by atoms with Crippen LogP contribution in [0.2, 0.25) is 0 Å². The minimum absolute atomic E-state index is 0.179. The highest BCUT2D eigenvalue weighted by Crippen LogP contribution is 2.26. The lowest BCUT2D eigenvalue weighted by molar-refractivity contribution is 0.0696. The van der Waals surface area contributed by atoms with E-state index in [1.165, 1.54) is 17.2 Å². The van der Waals surface area contributed by atoms with Crippen LogP contribution >= 0.6 is 11.3 Å². The summed E-state index contributed by atoms with van der Waals surface area (Å²) < 4.78 is 1.50. The number of nitrogens with zero attached hydrogens (tertiary/aromatic N) is 4. The van der Waals surface area contributed by atoms with E-state index >= 15 is 0 Å². The minimum atomic E-state index is -0.990. The van der Waals surface area contributed by atoms with Gasteiger partial charge in [-0.05, 0) is 19.9 Å². The highest BCUT2D eigenvalue weighted by Gasteiger charge is 2.15. The molecule has 0 aliphatic heterocycles. The number of fused-ring (bicyclic) bond motifs is 1. The smallest absolute Gasteiger partial charge is 0.339 e. The van der Waals surface area contributed by atoms with Crippen LogP contribution in [0.5, 0.6) is 0 Å². The van der Waals surface area contributed by atoms with Crippen LogP contribution in [0.15, 0.2) is 18.6 Å². The lowest BCUT2D eigenvalue weighted by Crippen LogP contribution is -1.99. The molecule has 3 aromatic heterocycles. The van der Waals surface area contributed by atoms with Gasteiger partial charge in [-0.2, -0.15) is 5.10 Å². The highest BCUT2D eigenvalue weighted by atomic mass is 32.1. The Bertz CT molecular complexity index is 790. The number of rotatable bonds is 2. The molecule has 0 fully saturated rings. The van der Waals surface area contributed by atoms with Crippen molar-refractivity contribution >= 4 is 27.5 Å². The topological polar surface area (TPSA) is 80.9 Å². The molecular formula is C12H10N4O2S. The molecule has 0 saturated heterocycles. The summed E-state index contributed by atoms with van der Waals surface area (Å²) in [4.78, 5) is 21.5. The lowest BCUT2D eigenvalue weighted by atomic mass is 10.3. The van der Waals surface area contributed by atoms with Gasteiger partial charge in [0, 0.05) is 11.1 Å². The average Bonchev–Trinajstić information content (AvgIpc) is 2.90. The lowest BCUT2D eigenvalue weighted by Gasteiger charge is -2.00. The largest absolute Gasteiger partial charge is 0.478 e. The quantitative estimate of drug-likeness (QED) is 0.774. The molecule has 1 N–H and O–H groups in total. The SMILES string of the molecule is Cc1cc2c(-n3cc(C(=O)O)c(C)n3)ncnc2s1. The number of hydrogen-bond donors (Lipinski definition) is 1. The molecule has 0 saturated carbocycles. The van der Waals surface area contributed by atoms with Crippen LogP contribution < -0.4 is 0 Å². The predicted molar refractivity (Wildman–Crippen MR) is 71.0 cm³/mol. The third-order valence-electron chi connectivity index (χ3n) is 2.78. The Balaban J connectivity index is 2.24. The van der Waals surface area contributed by atoms with Crippen molar-refractivity contribution < 1.29 is 9.90 Å². The fourth-order valence-electron chi connectivity index (χ4n) is 1.92. The van der Waals surface area contributed by atoms with Gasteiger partial charge in [0.15, 0.2) is 5.82 Å². The number of aromatic nitrogens is 4. The van der Waals surface area contributed by atoms with Gasteiger partial charge >= 0.3 is 5.97 Å². The van der Waals surface area contributed by atoms with E-state index in [4.69, 9.17) is 5.11 Å². The van der Waals surface area contributed by atoms with E-state index in [0.717, 1.165) is 15.1 Å². The molecule has 3 aromatic rings. The third kappa shape index (κ3) is 1.88. The van der Waals surface area contributed by atoms with Crippen molar-refractivity contribution in [1.29, 1.82) is 0 Å². The number of carboxylic acid groups (broad SMARTS) is 1. The maximum Gasteiger partial charge on any atom is 0.339 e. The molecule has 7 heteroatoms. The van der Waals surface area contributed by atoms with Crippen LogP contribution in [0.3, 0.4) is 0 Å². The van der Waals surface area contributed by atoms with Gasteiger partial charge < -0.3 is 5.11 Å². The molecule has 96 valence electrons. The second-order valence-corrected chi connectivity index (χ2v) is 5.39. The van der Waals surface area contributed by atoms with Crippen molar-refractivity contribution in [2.45, 2.75) is 13.8 Å². The predicted octanol–water partition coefficient (Wildman–Crippen LogP) is 2.19. The Morgan fingerprint density at radius 2 is 2.16 bits per heavy atom. The summed E-state index contributed by atoms with van der Waals surface area (Å²) in [5.74, 6) is -0.388. The van der Waals surface area contributed by atoms with Crippen molar-refractivity contribution in [2.75, 3.05) is 0 Å². The fourth-order valence-corrected chi connectivity index (χ4v) is 2.77. The van der Waals surface area contributed by atoms with Crippen LogP contribution in [-0.2, 0) is 0 Å². The van der Waals surface area contributed by atoms with E-state index in [9.17, 15) is 4.79 Å². The first-order valence-electron chi connectivity index (χ1n) is 5.57. The van der Waals surface area contributed by atoms with Crippen molar-refractivity contribution in [1.82, 2.24) is 19.7 Å². The number of thiophene rings is 1. The maximum atomic E-state index is 11.1. The number of hydrogen-bond acceptors (Lipinski definition) is 5. The highest BCUT2D eigenvalue weighted by molar-refractivity contribution is 7.18. The molecule has 3 rings (SSSR count). The molecule has 0 spiro atoms. The molecule has 0 radical (unpaired) electrons. The third-order valence-corrected chi connectivity index (χ3v) is 3.74. The van der Waals surface area contributed by atoms with Crippen LogP contribution in [0.4, 0.5) is 0 Å². The summed E-state index contributed by atoms with van der Waals surface area (Å²) >= 11 is 1.57. The second-order valence-electron chi connectivity index (χ2n) is 4.15. The van der Waals surface area contributed by atoms with Crippen LogP contribution in [0.25, 0.3) is 16.0 Å². The van der Waals surface area contributed by atoms with E-state index < -0.39 is 5.97 Å². The first-order chi connectivity index (χ1) is 9.06. The number of carboxylic acids is 1. The zero-order chi connectivity index (χ0) is 13.6. The number of aryl methyl sites for hydroxylation is 2. The Morgan fingerprint density at radius 1 is 1.37 bits per heavy atom. The van der Waals surface area contributed by atoms with Crippen LogP contribution in [-0.4, -0.2) is 30.8 Å². The monoisotopic (exact) mass is 274 g/mol. The van der Waals surface area contributed by atoms with Gasteiger partial charge in [-0.1, -0.05) is 0 Å².